The van der Waals surface area contributed by atoms with E-state index < -0.39 is 5.97 Å². The van der Waals surface area contributed by atoms with Crippen LogP contribution in [-0.4, -0.2) is 39.4 Å². The highest BCUT2D eigenvalue weighted by molar-refractivity contribution is 7.13. The number of benzene rings is 1. The number of methoxy groups -OCH3 is 4. The highest BCUT2D eigenvalue weighted by Crippen LogP contribution is 2.44. The minimum atomic E-state index is -0.475. The molecule has 0 spiro atoms. The smallest absolute Gasteiger partial charge is 0.357 e. The molecule has 112 valence electrons. The third kappa shape index (κ3) is 2.78. The number of nitrogens with zero attached hydrogens (tertiary/aromatic N) is 1. The Labute approximate surface area is 126 Å². The normalized spacial score (nSPS) is 10.1. The number of rotatable bonds is 5. The lowest BCUT2D eigenvalue weighted by molar-refractivity contribution is 0.0595. The Morgan fingerprint density at radius 1 is 1.05 bits per heavy atom. The van der Waals surface area contributed by atoms with Crippen molar-refractivity contribution in [2.75, 3.05) is 28.4 Å². The maximum atomic E-state index is 11.5. The Morgan fingerprint density at radius 2 is 1.76 bits per heavy atom. The van der Waals surface area contributed by atoms with Crippen molar-refractivity contribution in [3.05, 3.63) is 23.2 Å². The average Bonchev–Trinajstić information content (AvgIpc) is 3.02. The van der Waals surface area contributed by atoms with Gasteiger partial charge in [0.1, 0.15) is 5.01 Å². The summed E-state index contributed by atoms with van der Waals surface area (Å²) >= 11 is 1.32. The van der Waals surface area contributed by atoms with Gasteiger partial charge < -0.3 is 18.9 Å². The first-order valence-corrected chi connectivity index (χ1v) is 6.87. The number of esters is 1. The van der Waals surface area contributed by atoms with Gasteiger partial charge in [0.15, 0.2) is 17.2 Å². The second-order valence-corrected chi connectivity index (χ2v) is 4.77. The lowest BCUT2D eigenvalue weighted by atomic mass is 10.1. The SMILES string of the molecule is COC(=O)c1csc(-c2ccc(OC)c(OC)c2OC)n1. The van der Waals surface area contributed by atoms with E-state index in [1.807, 2.05) is 0 Å². The molecule has 1 heterocycles. The fraction of sp³-hybridized carbons (Fsp3) is 0.286. The molecule has 0 amide bonds. The van der Waals surface area contributed by atoms with Crippen molar-refractivity contribution in [3.8, 4) is 27.8 Å². The molecule has 0 atom stereocenters. The summed E-state index contributed by atoms with van der Waals surface area (Å²) in [5.74, 6) is 1.06. The first-order valence-electron chi connectivity index (χ1n) is 5.99. The largest absolute Gasteiger partial charge is 0.493 e. The monoisotopic (exact) mass is 309 g/mol. The van der Waals surface area contributed by atoms with Gasteiger partial charge >= 0.3 is 5.97 Å². The molecule has 1 aromatic heterocycles. The number of thiazole rings is 1. The molecule has 6 nitrogen and oxygen atoms in total. The molecule has 1 aromatic carbocycles. The van der Waals surface area contributed by atoms with Crippen LogP contribution in [0.1, 0.15) is 10.5 Å². The maximum absolute atomic E-state index is 11.5. The summed E-state index contributed by atoms with van der Waals surface area (Å²) in [6.07, 6.45) is 0. The molecule has 0 saturated carbocycles. The first-order chi connectivity index (χ1) is 10.2. The minimum Gasteiger partial charge on any atom is -0.493 e. The summed E-state index contributed by atoms with van der Waals surface area (Å²) in [6.45, 7) is 0. The van der Waals surface area contributed by atoms with Crippen LogP contribution >= 0.6 is 11.3 Å². The van der Waals surface area contributed by atoms with Crippen LogP contribution in [0.25, 0.3) is 10.6 Å². The van der Waals surface area contributed by atoms with Crippen molar-refractivity contribution in [1.82, 2.24) is 4.98 Å². The van der Waals surface area contributed by atoms with Gasteiger partial charge in [-0.05, 0) is 12.1 Å². The molecule has 0 aliphatic rings. The van der Waals surface area contributed by atoms with Crippen LogP contribution in [0, 0.1) is 0 Å². The van der Waals surface area contributed by atoms with Crippen LogP contribution in [-0.2, 0) is 4.74 Å². The molecule has 7 heteroatoms. The summed E-state index contributed by atoms with van der Waals surface area (Å²) in [7, 11) is 5.94. The van der Waals surface area contributed by atoms with Gasteiger partial charge in [-0.15, -0.1) is 11.3 Å². The number of aromatic nitrogens is 1. The van der Waals surface area contributed by atoms with Gasteiger partial charge in [-0.25, -0.2) is 9.78 Å². The molecule has 0 N–H and O–H groups in total. The molecule has 21 heavy (non-hydrogen) atoms. The summed E-state index contributed by atoms with van der Waals surface area (Å²) in [5, 5.41) is 2.27. The fourth-order valence-electron chi connectivity index (χ4n) is 1.87. The van der Waals surface area contributed by atoms with Crippen LogP contribution < -0.4 is 14.2 Å². The Balaban J connectivity index is 2.53. The van der Waals surface area contributed by atoms with Crippen molar-refractivity contribution in [3.63, 3.8) is 0 Å². The second-order valence-electron chi connectivity index (χ2n) is 3.91. The van der Waals surface area contributed by atoms with Crippen LogP contribution in [0.4, 0.5) is 0 Å². The zero-order valence-electron chi connectivity index (χ0n) is 12.1. The van der Waals surface area contributed by atoms with Crippen molar-refractivity contribution < 1.29 is 23.7 Å². The van der Waals surface area contributed by atoms with E-state index in [0.717, 1.165) is 5.56 Å². The standard InChI is InChI=1S/C14H15NO5S/c1-17-10-6-5-8(11(18-2)12(10)19-3)13-15-9(7-21-13)14(16)20-4/h5-7H,1-4H3. The molecule has 0 unspecified atom stereocenters. The van der Waals surface area contributed by atoms with E-state index in [-0.39, 0.29) is 5.69 Å². The summed E-state index contributed by atoms with van der Waals surface area (Å²) < 4.78 is 20.6. The fourth-order valence-corrected chi connectivity index (χ4v) is 2.68. The lowest BCUT2D eigenvalue weighted by Gasteiger charge is -2.14. The first kappa shape index (κ1) is 15.1. The molecule has 0 fully saturated rings. The summed E-state index contributed by atoms with van der Waals surface area (Å²) in [6, 6.07) is 3.57. The molecule has 2 aromatic rings. The zero-order valence-corrected chi connectivity index (χ0v) is 12.9. The predicted octanol–water partition coefficient (Wildman–Crippen LogP) is 2.62. The van der Waals surface area contributed by atoms with Gasteiger partial charge in [0.25, 0.3) is 0 Å². The van der Waals surface area contributed by atoms with E-state index in [2.05, 4.69) is 9.72 Å². The van der Waals surface area contributed by atoms with E-state index in [1.54, 1.807) is 24.6 Å². The average molecular weight is 309 g/mol. The van der Waals surface area contributed by atoms with Crippen LogP contribution in [0.3, 0.4) is 0 Å². The van der Waals surface area contributed by atoms with Gasteiger partial charge in [-0.2, -0.15) is 0 Å². The van der Waals surface area contributed by atoms with E-state index in [4.69, 9.17) is 14.2 Å². The number of hydrogen-bond acceptors (Lipinski definition) is 7. The number of ether oxygens (including phenoxy) is 4. The number of hydrogen-bond donors (Lipinski definition) is 0. The second kappa shape index (κ2) is 6.45. The van der Waals surface area contributed by atoms with Crippen LogP contribution in [0.2, 0.25) is 0 Å². The molecular formula is C14H15NO5S. The van der Waals surface area contributed by atoms with E-state index in [1.165, 1.54) is 32.7 Å². The molecule has 0 aliphatic carbocycles. The van der Waals surface area contributed by atoms with Crippen molar-refractivity contribution in [1.29, 1.82) is 0 Å². The quantitative estimate of drug-likeness (QED) is 0.791. The molecule has 0 aliphatic heterocycles. The Hall–Kier alpha value is -2.28. The third-order valence-electron chi connectivity index (χ3n) is 2.83. The third-order valence-corrected chi connectivity index (χ3v) is 3.71. The van der Waals surface area contributed by atoms with Gasteiger partial charge in [-0.3, -0.25) is 0 Å². The Morgan fingerprint density at radius 3 is 2.33 bits per heavy atom. The van der Waals surface area contributed by atoms with E-state index in [9.17, 15) is 4.79 Å². The Bertz CT molecular complexity index is 653. The Kier molecular flexibility index (Phi) is 4.64. The maximum Gasteiger partial charge on any atom is 0.357 e. The van der Waals surface area contributed by atoms with Crippen LogP contribution in [0.5, 0.6) is 17.2 Å². The van der Waals surface area contributed by atoms with Crippen LogP contribution in [0.15, 0.2) is 17.5 Å². The highest BCUT2D eigenvalue weighted by atomic mass is 32.1. The molecule has 2 rings (SSSR count). The molecule has 0 saturated heterocycles. The minimum absolute atomic E-state index is 0.259. The summed E-state index contributed by atoms with van der Waals surface area (Å²) in [4.78, 5) is 15.7. The zero-order chi connectivity index (χ0) is 15.4. The molecular weight excluding hydrogens is 294 g/mol. The van der Waals surface area contributed by atoms with Gasteiger partial charge in [-0.1, -0.05) is 0 Å². The molecule has 0 radical (unpaired) electrons. The lowest BCUT2D eigenvalue weighted by Crippen LogP contribution is -2.01. The number of carbonyl (C=O) groups is 1. The highest BCUT2D eigenvalue weighted by Gasteiger charge is 2.20. The van der Waals surface area contributed by atoms with E-state index in [0.29, 0.717) is 22.3 Å². The predicted molar refractivity (Wildman–Crippen MR) is 78.5 cm³/mol. The van der Waals surface area contributed by atoms with Gasteiger partial charge in [0.2, 0.25) is 5.75 Å². The summed E-state index contributed by atoms with van der Waals surface area (Å²) in [5.41, 5.74) is 0.977. The van der Waals surface area contributed by atoms with E-state index >= 15 is 0 Å². The molecule has 0 bridgehead atoms. The van der Waals surface area contributed by atoms with Gasteiger partial charge in [0.05, 0.1) is 34.0 Å². The topological polar surface area (TPSA) is 66.9 Å². The van der Waals surface area contributed by atoms with Crippen molar-refractivity contribution >= 4 is 17.3 Å². The van der Waals surface area contributed by atoms with Crippen molar-refractivity contribution in [2.45, 2.75) is 0 Å². The number of carbonyl (C=O) groups excluding carboxylic acids is 1. The van der Waals surface area contributed by atoms with Gasteiger partial charge in [0, 0.05) is 5.38 Å². The van der Waals surface area contributed by atoms with Crippen molar-refractivity contribution in [2.24, 2.45) is 0 Å².